The summed E-state index contributed by atoms with van der Waals surface area (Å²) in [5, 5.41) is 0. The molecule has 0 amide bonds. The Morgan fingerprint density at radius 3 is 2.33 bits per heavy atom. The molecule has 0 aromatic carbocycles. The van der Waals surface area contributed by atoms with Crippen LogP contribution in [0.15, 0.2) is 0 Å². The highest BCUT2D eigenvalue weighted by Gasteiger charge is 2.44. The average molecular weight is 236 g/mol. The summed E-state index contributed by atoms with van der Waals surface area (Å²) >= 11 is 0. The minimum Gasteiger partial charge on any atom is -0.366 e. The molecule has 0 spiro atoms. The first-order valence-corrected chi connectivity index (χ1v) is 7.19. The van der Waals surface area contributed by atoms with E-state index in [9.17, 15) is 4.57 Å². The molecule has 0 N–H and O–H groups in total. The Kier molecular flexibility index (Phi) is 4.78. The Labute approximate surface area is 91.8 Å². The monoisotopic (exact) mass is 236 g/mol. The quantitative estimate of drug-likeness (QED) is 0.543. The molecule has 0 bridgehead atoms. The Morgan fingerprint density at radius 2 is 1.87 bits per heavy atom. The Balaban J connectivity index is 2.45. The van der Waals surface area contributed by atoms with Gasteiger partial charge in [0.2, 0.25) is 0 Å². The molecule has 0 radical (unpaired) electrons. The largest absolute Gasteiger partial charge is 0.366 e. The van der Waals surface area contributed by atoms with E-state index >= 15 is 0 Å². The molecule has 1 rings (SSSR count). The van der Waals surface area contributed by atoms with Crippen LogP contribution in [-0.2, 0) is 18.3 Å². The zero-order valence-electron chi connectivity index (χ0n) is 9.93. The highest BCUT2D eigenvalue weighted by molar-refractivity contribution is 7.54. The van der Waals surface area contributed by atoms with Crippen LogP contribution in [0, 0.1) is 0 Å². The fourth-order valence-electron chi connectivity index (χ4n) is 1.32. The van der Waals surface area contributed by atoms with Crippen LogP contribution in [0.2, 0.25) is 0 Å². The van der Waals surface area contributed by atoms with Gasteiger partial charge in [-0.3, -0.25) is 4.57 Å². The van der Waals surface area contributed by atoms with E-state index in [0.717, 1.165) is 12.8 Å². The second-order valence-electron chi connectivity index (χ2n) is 3.98. The molecule has 15 heavy (non-hydrogen) atoms. The van der Waals surface area contributed by atoms with Gasteiger partial charge >= 0.3 is 7.60 Å². The highest BCUT2D eigenvalue weighted by Crippen LogP contribution is 2.60. The summed E-state index contributed by atoms with van der Waals surface area (Å²) in [5.74, 6) is -0.462. The molecule has 3 atom stereocenters. The van der Waals surface area contributed by atoms with Gasteiger partial charge < -0.3 is 13.8 Å². The van der Waals surface area contributed by atoms with Crippen molar-refractivity contribution in [3.8, 4) is 0 Å². The van der Waals surface area contributed by atoms with Gasteiger partial charge in [-0.1, -0.05) is 13.3 Å². The summed E-state index contributed by atoms with van der Waals surface area (Å²) in [5.41, 5.74) is 0. The van der Waals surface area contributed by atoms with E-state index in [1.807, 2.05) is 13.8 Å². The molecule has 0 aromatic heterocycles. The lowest BCUT2D eigenvalue weighted by Gasteiger charge is -2.18. The first kappa shape index (κ1) is 13.2. The smallest absolute Gasteiger partial charge is 0.359 e. The van der Waals surface area contributed by atoms with Crippen molar-refractivity contribution in [2.24, 2.45) is 0 Å². The lowest BCUT2D eigenvalue weighted by molar-refractivity contribution is 0.0916. The summed E-state index contributed by atoms with van der Waals surface area (Å²) < 4.78 is 28.3. The van der Waals surface area contributed by atoms with E-state index < -0.39 is 13.4 Å². The molecule has 90 valence electrons. The van der Waals surface area contributed by atoms with Crippen molar-refractivity contribution in [1.82, 2.24) is 0 Å². The molecule has 5 heteroatoms. The Bertz CT molecular complexity index is 230. The number of ether oxygens (including phenoxy) is 1. The van der Waals surface area contributed by atoms with Gasteiger partial charge in [-0.15, -0.1) is 0 Å². The predicted octanol–water partition coefficient (Wildman–Crippen LogP) is 3.17. The molecule has 3 unspecified atom stereocenters. The molecular formula is C10H21O4P. The topological polar surface area (TPSA) is 44.8 Å². The van der Waals surface area contributed by atoms with Crippen LogP contribution in [0.5, 0.6) is 0 Å². The third-order valence-corrected chi connectivity index (χ3v) is 4.88. The van der Waals surface area contributed by atoms with Crippen molar-refractivity contribution >= 4 is 7.60 Å². The fourth-order valence-corrected chi connectivity index (χ4v) is 3.27. The molecule has 0 aliphatic carbocycles. The van der Waals surface area contributed by atoms with Gasteiger partial charge in [-0.05, 0) is 27.2 Å². The zero-order valence-corrected chi connectivity index (χ0v) is 10.8. The van der Waals surface area contributed by atoms with Crippen LogP contribution in [-0.4, -0.2) is 24.7 Å². The van der Waals surface area contributed by atoms with Crippen LogP contribution in [0.1, 0.15) is 40.5 Å². The maximum Gasteiger partial charge on any atom is 0.359 e. The summed E-state index contributed by atoms with van der Waals surface area (Å²) in [7, 11) is -3.04. The Morgan fingerprint density at radius 1 is 1.33 bits per heavy atom. The normalized spacial score (nSPS) is 38.1. The van der Waals surface area contributed by atoms with Crippen LogP contribution in [0.25, 0.3) is 0 Å². The van der Waals surface area contributed by atoms with E-state index in [1.165, 1.54) is 0 Å². The maximum atomic E-state index is 12.2. The van der Waals surface area contributed by atoms with Crippen molar-refractivity contribution in [3.63, 3.8) is 0 Å². The first-order chi connectivity index (χ1) is 6.99. The van der Waals surface area contributed by atoms with Crippen molar-refractivity contribution in [3.05, 3.63) is 0 Å². The summed E-state index contributed by atoms with van der Waals surface area (Å²) in [6, 6.07) is 0. The van der Waals surface area contributed by atoms with Crippen molar-refractivity contribution < 1.29 is 18.3 Å². The van der Waals surface area contributed by atoms with Crippen LogP contribution in [0.3, 0.4) is 0 Å². The van der Waals surface area contributed by atoms with Gasteiger partial charge in [0.05, 0.1) is 12.2 Å². The molecule has 0 saturated carbocycles. The number of unbranched alkanes of at least 4 members (excludes halogenated alkanes) is 1. The van der Waals surface area contributed by atoms with Gasteiger partial charge in [0.25, 0.3) is 0 Å². The van der Waals surface area contributed by atoms with Crippen molar-refractivity contribution in [2.45, 2.75) is 58.6 Å². The van der Waals surface area contributed by atoms with Crippen molar-refractivity contribution in [2.75, 3.05) is 6.61 Å². The zero-order chi connectivity index (χ0) is 11.5. The summed E-state index contributed by atoms with van der Waals surface area (Å²) in [4.78, 5) is 0. The third kappa shape index (κ3) is 3.28. The van der Waals surface area contributed by atoms with E-state index in [-0.39, 0.29) is 12.2 Å². The molecule has 1 aliphatic rings. The van der Waals surface area contributed by atoms with Crippen LogP contribution < -0.4 is 0 Å². The number of hydrogen-bond donors (Lipinski definition) is 0. The van der Waals surface area contributed by atoms with E-state index in [2.05, 4.69) is 6.92 Å². The third-order valence-electron chi connectivity index (χ3n) is 2.59. The molecule has 1 fully saturated rings. The molecule has 1 heterocycles. The van der Waals surface area contributed by atoms with E-state index in [0.29, 0.717) is 6.61 Å². The summed E-state index contributed by atoms with van der Waals surface area (Å²) in [6.07, 6.45) is 1.79. The molecule has 1 aliphatic heterocycles. The second-order valence-corrected chi connectivity index (χ2v) is 6.21. The van der Waals surface area contributed by atoms with Gasteiger partial charge in [0.15, 0.2) is 5.85 Å². The summed E-state index contributed by atoms with van der Waals surface area (Å²) in [6.45, 7) is 8.17. The highest BCUT2D eigenvalue weighted by atomic mass is 31.2. The van der Waals surface area contributed by atoms with E-state index in [1.54, 1.807) is 6.92 Å². The van der Waals surface area contributed by atoms with Gasteiger partial charge in [-0.25, -0.2) is 0 Å². The molecule has 1 saturated heterocycles. The van der Waals surface area contributed by atoms with Gasteiger partial charge in [0, 0.05) is 6.61 Å². The lowest BCUT2D eigenvalue weighted by Crippen LogP contribution is -2.13. The predicted molar refractivity (Wildman–Crippen MR) is 59.0 cm³/mol. The number of rotatable bonds is 5. The standard InChI is InChI=1S/C10H21O4P/c1-5-6-7-12-10(4)15(11)13-8(2)9(3)14-15/h8-10H,5-7H2,1-4H3. The Hall–Kier alpha value is 0.110. The van der Waals surface area contributed by atoms with Gasteiger partial charge in [-0.2, -0.15) is 0 Å². The lowest BCUT2D eigenvalue weighted by atomic mass is 10.3. The fraction of sp³-hybridized carbons (Fsp3) is 1.00. The van der Waals surface area contributed by atoms with Crippen molar-refractivity contribution in [1.29, 1.82) is 0 Å². The molecule has 0 aromatic rings. The minimum atomic E-state index is -3.04. The van der Waals surface area contributed by atoms with Crippen LogP contribution >= 0.6 is 7.60 Å². The maximum absolute atomic E-state index is 12.2. The van der Waals surface area contributed by atoms with Gasteiger partial charge in [0.1, 0.15) is 0 Å². The van der Waals surface area contributed by atoms with Crippen LogP contribution in [0.4, 0.5) is 0 Å². The van der Waals surface area contributed by atoms with E-state index in [4.69, 9.17) is 13.8 Å². The molecular weight excluding hydrogens is 215 g/mol. The minimum absolute atomic E-state index is 0.118. The SMILES string of the molecule is CCCCOC(C)P1(=O)OC(C)C(C)O1. The number of hydrogen-bond acceptors (Lipinski definition) is 4. The second kappa shape index (κ2) is 5.44. The molecule has 4 nitrogen and oxygen atoms in total. The average Bonchev–Trinajstić information content (AvgIpc) is 2.42. The first-order valence-electron chi connectivity index (χ1n) is 5.57.